The first-order valence-electron chi connectivity index (χ1n) is 7.30. The molecule has 1 aromatic carbocycles. The minimum absolute atomic E-state index is 0.472. The van der Waals surface area contributed by atoms with Gasteiger partial charge in [0.2, 0.25) is 0 Å². The molecule has 104 valence electrons. The van der Waals surface area contributed by atoms with Gasteiger partial charge in [0.15, 0.2) is 0 Å². The van der Waals surface area contributed by atoms with Gasteiger partial charge >= 0.3 is 0 Å². The minimum atomic E-state index is 0.472. The Labute approximate surface area is 127 Å². The highest BCUT2D eigenvalue weighted by atomic mass is 79.9. The van der Waals surface area contributed by atoms with Crippen LogP contribution in [0.2, 0.25) is 0 Å². The molecule has 2 aromatic rings. The summed E-state index contributed by atoms with van der Waals surface area (Å²) >= 11 is 3.56. The third-order valence-corrected chi connectivity index (χ3v) is 5.09. The maximum absolute atomic E-state index is 4.90. The quantitative estimate of drug-likeness (QED) is 0.863. The van der Waals surface area contributed by atoms with Crippen LogP contribution in [0.3, 0.4) is 0 Å². The molecule has 1 aromatic heterocycles. The van der Waals surface area contributed by atoms with Crippen LogP contribution < -0.4 is 0 Å². The van der Waals surface area contributed by atoms with Crippen LogP contribution in [-0.2, 0) is 12.8 Å². The first-order valence-corrected chi connectivity index (χ1v) is 8.09. The standard InChI is InChI=1S/C16H18BrN3/c1-20-8-2-3-14(20)16-18-13-7-4-10-9-11(17)5-6-12(10)15(13)19-16/h5-6,9,14H,2-4,7-8H2,1H3,(H,18,19)/t14-/m0/s1. The van der Waals surface area contributed by atoms with Gasteiger partial charge in [-0.05, 0) is 57.0 Å². The second kappa shape index (κ2) is 4.71. The van der Waals surface area contributed by atoms with Crippen molar-refractivity contribution < 1.29 is 0 Å². The highest BCUT2D eigenvalue weighted by molar-refractivity contribution is 9.10. The van der Waals surface area contributed by atoms with Gasteiger partial charge in [-0.15, -0.1) is 0 Å². The van der Waals surface area contributed by atoms with E-state index in [9.17, 15) is 0 Å². The topological polar surface area (TPSA) is 31.9 Å². The van der Waals surface area contributed by atoms with Crippen LogP contribution >= 0.6 is 15.9 Å². The van der Waals surface area contributed by atoms with Crippen LogP contribution in [0.1, 0.15) is 36.0 Å². The van der Waals surface area contributed by atoms with Crippen LogP contribution in [0.4, 0.5) is 0 Å². The summed E-state index contributed by atoms with van der Waals surface area (Å²) in [5, 5.41) is 0. The molecule has 1 aliphatic carbocycles. The summed E-state index contributed by atoms with van der Waals surface area (Å²) in [7, 11) is 2.20. The smallest absolute Gasteiger partial charge is 0.124 e. The SMILES string of the molecule is CN1CCC[C@H]1c1nc2c([nH]1)-c1ccc(Br)cc1CC2. The van der Waals surface area contributed by atoms with Crippen LogP contribution in [0, 0.1) is 0 Å². The molecule has 0 amide bonds. The van der Waals surface area contributed by atoms with Gasteiger partial charge < -0.3 is 4.98 Å². The van der Waals surface area contributed by atoms with Gasteiger partial charge in [-0.2, -0.15) is 0 Å². The second-order valence-corrected chi connectivity index (χ2v) is 6.80. The van der Waals surface area contributed by atoms with E-state index >= 15 is 0 Å². The molecule has 0 bridgehead atoms. The van der Waals surface area contributed by atoms with Gasteiger partial charge in [-0.1, -0.05) is 22.0 Å². The van der Waals surface area contributed by atoms with E-state index in [2.05, 4.69) is 51.1 Å². The predicted octanol–water partition coefficient (Wildman–Crippen LogP) is 3.70. The Bertz CT molecular complexity index is 662. The maximum atomic E-state index is 4.90. The van der Waals surface area contributed by atoms with Gasteiger partial charge in [0.1, 0.15) is 5.82 Å². The van der Waals surface area contributed by atoms with Crippen LogP contribution in [0.25, 0.3) is 11.3 Å². The molecule has 2 heterocycles. The molecule has 0 spiro atoms. The molecule has 1 atom stereocenters. The summed E-state index contributed by atoms with van der Waals surface area (Å²) < 4.78 is 1.16. The summed E-state index contributed by atoms with van der Waals surface area (Å²) in [6, 6.07) is 7.04. The fraction of sp³-hybridized carbons (Fsp3) is 0.438. The molecule has 4 rings (SSSR count). The average Bonchev–Trinajstić information content (AvgIpc) is 3.03. The third-order valence-electron chi connectivity index (χ3n) is 4.60. The molecule has 1 N–H and O–H groups in total. The number of aromatic nitrogens is 2. The highest BCUT2D eigenvalue weighted by Gasteiger charge is 2.28. The zero-order chi connectivity index (χ0) is 13.7. The van der Waals surface area contributed by atoms with E-state index in [0.29, 0.717) is 6.04 Å². The minimum Gasteiger partial charge on any atom is -0.340 e. The van der Waals surface area contributed by atoms with Crippen LogP contribution in [-0.4, -0.2) is 28.5 Å². The number of halogens is 1. The molecular formula is C16H18BrN3. The molecule has 20 heavy (non-hydrogen) atoms. The predicted molar refractivity (Wildman–Crippen MR) is 83.7 cm³/mol. The normalized spacial score (nSPS) is 21.8. The monoisotopic (exact) mass is 331 g/mol. The average molecular weight is 332 g/mol. The van der Waals surface area contributed by atoms with Crippen molar-refractivity contribution in [1.82, 2.24) is 14.9 Å². The highest BCUT2D eigenvalue weighted by Crippen LogP contribution is 2.36. The van der Waals surface area contributed by atoms with E-state index in [-0.39, 0.29) is 0 Å². The number of rotatable bonds is 1. The molecule has 4 heteroatoms. The number of nitrogens with one attached hydrogen (secondary N) is 1. The van der Waals surface area contributed by atoms with Gasteiger partial charge in [0.05, 0.1) is 17.4 Å². The van der Waals surface area contributed by atoms with Gasteiger partial charge in [-0.3, -0.25) is 4.90 Å². The molecule has 1 fully saturated rings. The lowest BCUT2D eigenvalue weighted by Gasteiger charge is -2.16. The Morgan fingerprint density at radius 2 is 2.25 bits per heavy atom. The first kappa shape index (κ1) is 12.6. The largest absolute Gasteiger partial charge is 0.340 e. The Balaban J connectivity index is 1.78. The summed E-state index contributed by atoms with van der Waals surface area (Å²) in [5.74, 6) is 1.16. The van der Waals surface area contributed by atoms with E-state index < -0.39 is 0 Å². The number of hydrogen-bond donors (Lipinski definition) is 1. The van der Waals surface area contributed by atoms with E-state index in [1.54, 1.807) is 0 Å². The number of aromatic amines is 1. The van der Waals surface area contributed by atoms with Gasteiger partial charge in [-0.25, -0.2) is 4.98 Å². The van der Waals surface area contributed by atoms with E-state index in [1.807, 2.05) is 0 Å². The number of imidazole rings is 1. The van der Waals surface area contributed by atoms with Crippen molar-refractivity contribution in [2.24, 2.45) is 0 Å². The lowest BCUT2D eigenvalue weighted by Crippen LogP contribution is -2.18. The molecule has 0 unspecified atom stereocenters. The summed E-state index contributed by atoms with van der Waals surface area (Å²) in [5.41, 5.74) is 5.24. The van der Waals surface area contributed by atoms with Crippen molar-refractivity contribution in [3.05, 3.63) is 39.8 Å². The number of hydrogen-bond acceptors (Lipinski definition) is 2. The number of nitrogens with zero attached hydrogens (tertiary/aromatic N) is 2. The molecule has 3 nitrogen and oxygen atoms in total. The van der Waals surface area contributed by atoms with Crippen molar-refractivity contribution in [3.63, 3.8) is 0 Å². The molecule has 1 saturated heterocycles. The zero-order valence-electron chi connectivity index (χ0n) is 11.6. The lowest BCUT2D eigenvalue weighted by molar-refractivity contribution is 0.307. The van der Waals surface area contributed by atoms with E-state index in [4.69, 9.17) is 4.98 Å². The van der Waals surface area contributed by atoms with E-state index in [0.717, 1.165) is 23.1 Å². The Morgan fingerprint density at radius 1 is 1.35 bits per heavy atom. The first-order chi connectivity index (χ1) is 9.72. The fourth-order valence-corrected chi connectivity index (χ4v) is 3.92. The zero-order valence-corrected chi connectivity index (χ0v) is 13.2. The third kappa shape index (κ3) is 1.93. The maximum Gasteiger partial charge on any atom is 0.124 e. The summed E-state index contributed by atoms with van der Waals surface area (Å²) in [6.07, 6.45) is 4.63. The molecular weight excluding hydrogens is 314 g/mol. The number of aryl methyl sites for hydroxylation is 2. The Hall–Kier alpha value is -1.13. The van der Waals surface area contributed by atoms with Crippen molar-refractivity contribution in [3.8, 4) is 11.3 Å². The van der Waals surface area contributed by atoms with Gasteiger partial charge in [0.25, 0.3) is 0 Å². The Kier molecular flexibility index (Phi) is 2.97. The van der Waals surface area contributed by atoms with Crippen molar-refractivity contribution in [1.29, 1.82) is 0 Å². The lowest BCUT2D eigenvalue weighted by atomic mass is 9.92. The number of likely N-dealkylation sites (tertiary alicyclic amines) is 1. The van der Waals surface area contributed by atoms with Crippen LogP contribution in [0.5, 0.6) is 0 Å². The van der Waals surface area contributed by atoms with Crippen molar-refractivity contribution >= 4 is 15.9 Å². The molecule has 0 saturated carbocycles. The number of benzene rings is 1. The fourth-order valence-electron chi connectivity index (χ4n) is 3.51. The molecule has 2 aliphatic rings. The van der Waals surface area contributed by atoms with E-state index in [1.165, 1.54) is 41.9 Å². The second-order valence-electron chi connectivity index (χ2n) is 5.88. The van der Waals surface area contributed by atoms with Crippen molar-refractivity contribution in [2.75, 3.05) is 13.6 Å². The molecule has 1 aliphatic heterocycles. The summed E-state index contributed by atoms with van der Waals surface area (Å²) in [4.78, 5) is 10.9. The number of H-pyrrole nitrogens is 1. The summed E-state index contributed by atoms with van der Waals surface area (Å²) in [6.45, 7) is 1.18. The Morgan fingerprint density at radius 3 is 3.05 bits per heavy atom. The van der Waals surface area contributed by atoms with Crippen molar-refractivity contribution in [2.45, 2.75) is 31.7 Å². The number of fused-ring (bicyclic) bond motifs is 3. The molecule has 0 radical (unpaired) electrons. The van der Waals surface area contributed by atoms with Crippen LogP contribution in [0.15, 0.2) is 22.7 Å². The van der Waals surface area contributed by atoms with Gasteiger partial charge in [0, 0.05) is 10.0 Å².